The molecule has 0 radical (unpaired) electrons. The lowest BCUT2D eigenvalue weighted by Crippen LogP contribution is -2.27. The molecule has 118 valence electrons. The normalized spacial score (nSPS) is 20.2. The summed E-state index contributed by atoms with van der Waals surface area (Å²) in [5.41, 5.74) is 2.18. The van der Waals surface area contributed by atoms with Crippen LogP contribution < -0.4 is 16.2 Å². The van der Waals surface area contributed by atoms with Crippen molar-refractivity contribution in [2.75, 3.05) is 23.4 Å². The minimum absolute atomic E-state index is 0.0244. The van der Waals surface area contributed by atoms with E-state index in [2.05, 4.69) is 22.3 Å². The number of rotatable bonds is 3. The molecule has 1 unspecified atom stereocenters. The average Bonchev–Trinajstić information content (AvgIpc) is 2.71. The third-order valence-electron chi connectivity index (χ3n) is 3.86. The van der Waals surface area contributed by atoms with Crippen molar-refractivity contribution in [3.05, 3.63) is 11.9 Å². The molecule has 1 aliphatic heterocycles. The number of hydrogen-bond donors (Lipinski definition) is 2. The molecular formula is C13H20F3N5. The van der Waals surface area contributed by atoms with E-state index in [-0.39, 0.29) is 11.6 Å². The Morgan fingerprint density at radius 1 is 1.33 bits per heavy atom. The number of nitrogens with zero attached hydrogens (tertiary/aromatic N) is 3. The standard InChI is InChI=1S/C13H20F3N5/c1-2-9-4-3-6-21(7-5-9)11-8-10(20-17)18-12(19-11)13(14,15)16/h8-9H,2-7,17H2,1H3,(H,18,19,20). The third-order valence-corrected chi connectivity index (χ3v) is 3.86. The molecule has 2 heterocycles. The van der Waals surface area contributed by atoms with E-state index in [4.69, 9.17) is 5.84 Å². The van der Waals surface area contributed by atoms with Gasteiger partial charge >= 0.3 is 6.18 Å². The molecule has 0 saturated carbocycles. The van der Waals surface area contributed by atoms with Gasteiger partial charge in [-0.1, -0.05) is 13.3 Å². The zero-order valence-corrected chi connectivity index (χ0v) is 12.0. The molecule has 21 heavy (non-hydrogen) atoms. The SMILES string of the molecule is CCC1CCCN(c2cc(NN)nc(C(F)(F)F)n2)CC1. The van der Waals surface area contributed by atoms with Crippen LogP contribution in [0, 0.1) is 5.92 Å². The molecule has 1 saturated heterocycles. The van der Waals surface area contributed by atoms with Gasteiger partial charge in [-0.25, -0.2) is 15.8 Å². The third kappa shape index (κ3) is 3.96. The molecule has 1 aliphatic rings. The molecule has 1 fully saturated rings. The van der Waals surface area contributed by atoms with Crippen LogP contribution in [0.25, 0.3) is 0 Å². The van der Waals surface area contributed by atoms with Crippen molar-refractivity contribution < 1.29 is 13.2 Å². The van der Waals surface area contributed by atoms with E-state index in [1.807, 2.05) is 4.90 Å². The second-order valence-electron chi connectivity index (χ2n) is 5.27. The van der Waals surface area contributed by atoms with Crippen molar-refractivity contribution in [1.82, 2.24) is 9.97 Å². The van der Waals surface area contributed by atoms with E-state index < -0.39 is 12.0 Å². The Hall–Kier alpha value is -1.57. The molecule has 0 amide bonds. The average molecular weight is 303 g/mol. The van der Waals surface area contributed by atoms with E-state index in [0.29, 0.717) is 19.0 Å². The molecule has 2 rings (SSSR count). The highest BCUT2D eigenvalue weighted by Crippen LogP contribution is 2.30. The van der Waals surface area contributed by atoms with E-state index in [0.717, 1.165) is 25.7 Å². The number of halogens is 3. The van der Waals surface area contributed by atoms with Gasteiger partial charge in [0.15, 0.2) is 0 Å². The highest BCUT2D eigenvalue weighted by atomic mass is 19.4. The fourth-order valence-corrected chi connectivity index (χ4v) is 2.60. The van der Waals surface area contributed by atoms with Crippen LogP contribution in [0.5, 0.6) is 0 Å². The number of nitrogens with one attached hydrogen (secondary N) is 1. The number of nitrogens with two attached hydrogens (primary N) is 1. The number of aromatic nitrogens is 2. The Balaban J connectivity index is 2.26. The van der Waals surface area contributed by atoms with Crippen LogP contribution in [0.4, 0.5) is 24.8 Å². The number of hydrogen-bond acceptors (Lipinski definition) is 5. The summed E-state index contributed by atoms with van der Waals surface area (Å²) >= 11 is 0. The summed E-state index contributed by atoms with van der Waals surface area (Å²) in [6.07, 6.45) is -0.463. The van der Waals surface area contributed by atoms with Crippen LogP contribution in [0.1, 0.15) is 38.4 Å². The van der Waals surface area contributed by atoms with Gasteiger partial charge in [0.05, 0.1) is 0 Å². The van der Waals surface area contributed by atoms with Crippen molar-refractivity contribution in [3.8, 4) is 0 Å². The quantitative estimate of drug-likeness (QED) is 0.664. The molecule has 0 aliphatic carbocycles. The smallest absolute Gasteiger partial charge is 0.356 e. The minimum atomic E-state index is -4.58. The zero-order chi connectivity index (χ0) is 15.5. The van der Waals surface area contributed by atoms with Crippen molar-refractivity contribution in [2.24, 2.45) is 11.8 Å². The van der Waals surface area contributed by atoms with E-state index >= 15 is 0 Å². The fourth-order valence-electron chi connectivity index (χ4n) is 2.60. The van der Waals surface area contributed by atoms with Crippen LogP contribution >= 0.6 is 0 Å². The maximum absolute atomic E-state index is 12.8. The Morgan fingerprint density at radius 2 is 2.10 bits per heavy atom. The second-order valence-corrected chi connectivity index (χ2v) is 5.27. The van der Waals surface area contributed by atoms with E-state index in [9.17, 15) is 13.2 Å². The molecule has 1 aromatic rings. The van der Waals surface area contributed by atoms with E-state index in [1.54, 1.807) is 0 Å². The lowest BCUT2D eigenvalue weighted by atomic mass is 9.98. The summed E-state index contributed by atoms with van der Waals surface area (Å²) in [6.45, 7) is 3.55. The fraction of sp³-hybridized carbons (Fsp3) is 0.692. The van der Waals surface area contributed by atoms with Crippen LogP contribution in [0.2, 0.25) is 0 Å². The molecule has 8 heteroatoms. The van der Waals surface area contributed by atoms with Crippen LogP contribution in [0.3, 0.4) is 0 Å². The van der Waals surface area contributed by atoms with Crippen molar-refractivity contribution >= 4 is 11.6 Å². The Morgan fingerprint density at radius 3 is 2.71 bits per heavy atom. The van der Waals surface area contributed by atoms with Gasteiger partial charge in [-0.2, -0.15) is 13.2 Å². The van der Waals surface area contributed by atoms with Gasteiger partial charge < -0.3 is 10.3 Å². The predicted molar refractivity (Wildman–Crippen MR) is 74.7 cm³/mol. The maximum Gasteiger partial charge on any atom is 0.451 e. The molecule has 5 nitrogen and oxygen atoms in total. The van der Waals surface area contributed by atoms with Gasteiger partial charge in [0.25, 0.3) is 0 Å². The monoisotopic (exact) mass is 303 g/mol. The lowest BCUT2D eigenvalue weighted by molar-refractivity contribution is -0.144. The summed E-state index contributed by atoms with van der Waals surface area (Å²) < 4.78 is 38.5. The lowest BCUT2D eigenvalue weighted by Gasteiger charge is -2.23. The number of anilines is 2. The second kappa shape index (κ2) is 6.46. The minimum Gasteiger partial charge on any atom is -0.356 e. The van der Waals surface area contributed by atoms with E-state index in [1.165, 1.54) is 6.07 Å². The molecule has 0 bridgehead atoms. The first kappa shape index (κ1) is 15.8. The molecule has 1 atom stereocenters. The van der Waals surface area contributed by atoms with Crippen LogP contribution in [-0.2, 0) is 6.18 Å². The van der Waals surface area contributed by atoms with Crippen LogP contribution in [0.15, 0.2) is 6.07 Å². The topological polar surface area (TPSA) is 67.1 Å². The van der Waals surface area contributed by atoms with Gasteiger partial charge in [-0.15, -0.1) is 0 Å². The van der Waals surface area contributed by atoms with Gasteiger partial charge in [-0.3, -0.25) is 0 Å². The highest BCUT2D eigenvalue weighted by Gasteiger charge is 2.36. The predicted octanol–water partition coefficient (Wildman–Crippen LogP) is 2.80. The molecule has 3 N–H and O–H groups in total. The largest absolute Gasteiger partial charge is 0.451 e. The highest BCUT2D eigenvalue weighted by molar-refractivity contribution is 5.49. The van der Waals surface area contributed by atoms with Gasteiger partial charge in [-0.05, 0) is 25.2 Å². The molecule has 0 spiro atoms. The number of alkyl halides is 3. The van der Waals surface area contributed by atoms with Gasteiger partial charge in [0.1, 0.15) is 11.6 Å². The first-order chi connectivity index (χ1) is 9.94. The summed E-state index contributed by atoms with van der Waals surface area (Å²) in [4.78, 5) is 8.92. The first-order valence-corrected chi connectivity index (χ1v) is 7.12. The summed E-state index contributed by atoms with van der Waals surface area (Å²) in [5, 5.41) is 0. The zero-order valence-electron chi connectivity index (χ0n) is 12.0. The van der Waals surface area contributed by atoms with Gasteiger partial charge in [0.2, 0.25) is 5.82 Å². The Kier molecular flexibility index (Phi) is 4.87. The molecular weight excluding hydrogens is 283 g/mol. The number of hydrazine groups is 1. The van der Waals surface area contributed by atoms with Crippen molar-refractivity contribution in [1.29, 1.82) is 0 Å². The Bertz CT molecular complexity index is 477. The summed E-state index contributed by atoms with van der Waals surface area (Å²) in [7, 11) is 0. The maximum atomic E-state index is 12.8. The van der Waals surface area contributed by atoms with Gasteiger partial charge in [0, 0.05) is 19.2 Å². The molecule has 1 aromatic heterocycles. The summed E-state index contributed by atoms with van der Waals surface area (Å²) in [6, 6.07) is 1.46. The first-order valence-electron chi connectivity index (χ1n) is 7.12. The van der Waals surface area contributed by atoms with Crippen LogP contribution in [-0.4, -0.2) is 23.1 Å². The molecule has 0 aromatic carbocycles. The Labute approximate surface area is 121 Å². The number of nitrogen functional groups attached to an aromatic ring is 1. The summed E-state index contributed by atoms with van der Waals surface area (Å²) in [5.74, 6) is 4.93. The van der Waals surface area contributed by atoms with Crippen molar-refractivity contribution in [2.45, 2.75) is 38.8 Å². The van der Waals surface area contributed by atoms with Crippen molar-refractivity contribution in [3.63, 3.8) is 0 Å².